The number of carbonyl (C=O) groups excluding carboxylic acids is 4. The van der Waals surface area contributed by atoms with Crippen LogP contribution in [0.1, 0.15) is 13.8 Å². The highest BCUT2D eigenvalue weighted by Gasteiger charge is 2.46. The molecule has 16 heteroatoms. The lowest BCUT2D eigenvalue weighted by atomic mass is 10.1. The highest BCUT2D eigenvalue weighted by Crippen LogP contribution is 2.31. The number of benzene rings is 1. The highest BCUT2D eigenvalue weighted by molar-refractivity contribution is 7.80. The molecule has 2 aliphatic heterocycles. The van der Waals surface area contributed by atoms with Crippen LogP contribution in [0, 0.1) is 0 Å². The maximum Gasteiger partial charge on any atom is 0.427 e. The Morgan fingerprint density at radius 1 is 0.810 bits per heavy atom. The molecule has 2 heterocycles. The summed E-state index contributed by atoms with van der Waals surface area (Å²) in [6, 6.07) is 4.74. The molecule has 2 unspecified atom stereocenters. The Morgan fingerprint density at radius 2 is 1.14 bits per heavy atom. The zero-order valence-corrected chi connectivity index (χ0v) is 25.0. The number of thiocarbonyl (C=S) groups is 2. The van der Waals surface area contributed by atoms with E-state index >= 15 is 0 Å². The Bertz CT molecular complexity index is 1280. The van der Waals surface area contributed by atoms with E-state index in [1.54, 1.807) is 60.1 Å². The summed E-state index contributed by atoms with van der Waals surface area (Å²) in [5.74, 6) is -0.782. The van der Waals surface area contributed by atoms with Gasteiger partial charge in [-0.05, 0) is 62.5 Å². The fraction of sp³-hybridized carbons (Fsp3) is 0.308. The van der Waals surface area contributed by atoms with Crippen LogP contribution in [0.4, 0.5) is 21.0 Å². The molecule has 0 saturated carbocycles. The number of rotatable bonds is 10. The summed E-state index contributed by atoms with van der Waals surface area (Å²) in [6.07, 6.45) is 1.62. The van der Waals surface area contributed by atoms with Gasteiger partial charge in [0.1, 0.15) is 0 Å². The van der Waals surface area contributed by atoms with Gasteiger partial charge in [-0.1, -0.05) is 12.2 Å². The zero-order chi connectivity index (χ0) is 31.1. The second-order valence-corrected chi connectivity index (χ2v) is 9.56. The van der Waals surface area contributed by atoms with Gasteiger partial charge in [0.25, 0.3) is 11.8 Å². The van der Waals surface area contributed by atoms with Crippen LogP contribution in [0.15, 0.2) is 59.8 Å². The number of ether oxygens (including phenoxy) is 2. The Kier molecular flexibility index (Phi) is 10.4. The van der Waals surface area contributed by atoms with Crippen molar-refractivity contribution in [3.63, 3.8) is 0 Å². The van der Waals surface area contributed by atoms with Crippen molar-refractivity contribution in [2.45, 2.75) is 25.9 Å². The lowest BCUT2D eigenvalue weighted by Gasteiger charge is -2.23. The van der Waals surface area contributed by atoms with Crippen LogP contribution in [0.3, 0.4) is 0 Å². The van der Waals surface area contributed by atoms with E-state index in [0.717, 1.165) is 0 Å². The molecule has 0 spiro atoms. The van der Waals surface area contributed by atoms with Gasteiger partial charge < -0.3 is 19.3 Å². The van der Waals surface area contributed by atoms with Crippen molar-refractivity contribution in [1.82, 2.24) is 20.7 Å². The molecule has 2 N–H and O–H groups in total. The van der Waals surface area contributed by atoms with Gasteiger partial charge in [0.15, 0.2) is 22.3 Å². The van der Waals surface area contributed by atoms with Crippen molar-refractivity contribution in [2.24, 2.45) is 10.2 Å². The Balaban J connectivity index is 1.91. The molecule has 2 saturated heterocycles. The van der Waals surface area contributed by atoms with Crippen LogP contribution >= 0.6 is 24.4 Å². The maximum absolute atomic E-state index is 13.6. The van der Waals surface area contributed by atoms with Crippen molar-refractivity contribution in [3.05, 3.63) is 49.6 Å². The minimum atomic E-state index is -0.894. The first-order chi connectivity index (χ1) is 20.0. The highest BCUT2D eigenvalue weighted by atomic mass is 32.1. The van der Waals surface area contributed by atoms with Crippen LogP contribution in [0.5, 0.6) is 0 Å². The van der Waals surface area contributed by atoms with E-state index < -0.39 is 36.1 Å². The van der Waals surface area contributed by atoms with Crippen molar-refractivity contribution < 1.29 is 28.7 Å². The quantitative estimate of drug-likeness (QED) is 0.174. The fourth-order valence-corrected chi connectivity index (χ4v) is 5.09. The van der Waals surface area contributed by atoms with Gasteiger partial charge in [-0.25, -0.2) is 20.4 Å². The third-order valence-corrected chi connectivity index (χ3v) is 7.07. The van der Waals surface area contributed by atoms with E-state index in [4.69, 9.17) is 24.4 Å². The Labute approximate surface area is 253 Å². The number of hydrogen-bond donors (Lipinski definition) is 2. The summed E-state index contributed by atoms with van der Waals surface area (Å²) < 4.78 is 9.06. The number of hydrazone groups is 2. The largest absolute Gasteiger partial charge is 0.452 e. The first-order valence-corrected chi connectivity index (χ1v) is 13.2. The van der Waals surface area contributed by atoms with E-state index in [2.05, 4.69) is 43.7 Å². The average molecular weight is 615 g/mol. The topological polar surface area (TPSA) is 148 Å². The molecule has 3 rings (SSSR count). The molecular weight excluding hydrogens is 584 g/mol. The van der Waals surface area contributed by atoms with Crippen molar-refractivity contribution >= 4 is 81.5 Å². The molecule has 222 valence electrons. The summed E-state index contributed by atoms with van der Waals surface area (Å²) >= 11 is 11.2. The minimum Gasteiger partial charge on any atom is -0.452 e. The predicted molar refractivity (Wildman–Crippen MR) is 165 cm³/mol. The number of anilines is 2. The van der Waals surface area contributed by atoms with E-state index in [-0.39, 0.29) is 34.7 Å². The summed E-state index contributed by atoms with van der Waals surface area (Å²) in [6.45, 7) is 11.1. The molecule has 42 heavy (non-hydrogen) atoms. The van der Waals surface area contributed by atoms with Crippen molar-refractivity contribution in [1.29, 1.82) is 0 Å². The molecule has 2 aliphatic rings. The molecule has 0 aliphatic carbocycles. The molecule has 0 aromatic heterocycles. The van der Waals surface area contributed by atoms with Crippen molar-refractivity contribution in [2.75, 3.05) is 37.1 Å². The molecule has 1 aromatic carbocycles. The van der Waals surface area contributed by atoms with E-state index in [9.17, 15) is 19.2 Å². The predicted octanol–water partition coefficient (Wildman–Crippen LogP) is 2.13. The molecule has 2 atom stereocenters. The minimum absolute atomic E-state index is 0.209. The molecule has 4 amide bonds. The van der Waals surface area contributed by atoms with Crippen LogP contribution in [-0.2, 0) is 19.1 Å². The van der Waals surface area contributed by atoms with Crippen LogP contribution in [0.2, 0.25) is 0 Å². The number of nitrogens with one attached hydrogen (secondary N) is 2. The summed E-state index contributed by atoms with van der Waals surface area (Å²) in [5, 5.41) is 8.37. The first kappa shape index (κ1) is 31.8. The van der Waals surface area contributed by atoms with E-state index in [1.807, 2.05) is 0 Å². The smallest absolute Gasteiger partial charge is 0.427 e. The van der Waals surface area contributed by atoms with Gasteiger partial charge in [-0.15, -0.1) is 13.2 Å². The Morgan fingerprint density at radius 3 is 1.43 bits per heavy atom. The average Bonchev–Trinajstić information content (AvgIpc) is 3.37. The normalized spacial score (nSPS) is 19.3. The van der Waals surface area contributed by atoms with Crippen LogP contribution < -0.4 is 20.7 Å². The monoisotopic (exact) mass is 614 g/mol. The summed E-state index contributed by atoms with van der Waals surface area (Å²) in [5.41, 5.74) is 5.88. The van der Waals surface area contributed by atoms with Gasteiger partial charge >= 0.3 is 12.2 Å². The number of amides is 4. The second-order valence-electron chi connectivity index (χ2n) is 8.83. The lowest BCUT2D eigenvalue weighted by molar-refractivity contribution is -0.118. The van der Waals surface area contributed by atoms with Crippen LogP contribution in [-0.4, -0.2) is 94.8 Å². The fourth-order valence-electron chi connectivity index (χ4n) is 4.34. The number of nitrogens with zero attached hydrogens (tertiary/aromatic N) is 6. The first-order valence-electron chi connectivity index (χ1n) is 12.4. The second kappa shape index (κ2) is 13.8. The summed E-state index contributed by atoms with van der Waals surface area (Å²) in [7, 11) is 2.39. The molecule has 1 aromatic rings. The number of carbonyl (C=O) groups is 4. The van der Waals surface area contributed by atoms with Gasteiger partial charge in [0.2, 0.25) is 0 Å². The van der Waals surface area contributed by atoms with Gasteiger partial charge in [0, 0.05) is 13.1 Å². The van der Waals surface area contributed by atoms with Gasteiger partial charge in [-0.3, -0.25) is 19.4 Å². The van der Waals surface area contributed by atoms with E-state index in [1.165, 1.54) is 24.0 Å². The van der Waals surface area contributed by atoms with Gasteiger partial charge in [-0.2, -0.15) is 10.2 Å². The number of methoxy groups -OCH3 is 2. The SMILES string of the molecule is C=CCN1C(=S)N(c2ccc(N3C(=O)C(/C(C)=N/NC(=O)OC)N(CC=C)C3=S)cc2)C(=O)C1/C(C)=N/NC(=O)OC. The molecule has 0 bridgehead atoms. The lowest BCUT2D eigenvalue weighted by Crippen LogP contribution is -2.41. The maximum atomic E-state index is 13.6. The summed E-state index contributed by atoms with van der Waals surface area (Å²) in [4.78, 5) is 56.0. The Hall–Kier alpha value is -4.70. The number of hydrogen-bond acceptors (Lipinski definition) is 10. The molecule has 14 nitrogen and oxygen atoms in total. The van der Waals surface area contributed by atoms with Crippen molar-refractivity contribution in [3.8, 4) is 0 Å². The van der Waals surface area contributed by atoms with E-state index in [0.29, 0.717) is 11.4 Å². The zero-order valence-electron chi connectivity index (χ0n) is 23.4. The van der Waals surface area contributed by atoms with Crippen LogP contribution in [0.25, 0.3) is 0 Å². The van der Waals surface area contributed by atoms with Gasteiger partial charge in [0.05, 0.1) is 37.0 Å². The third kappa shape index (κ3) is 6.28. The third-order valence-electron chi connectivity index (χ3n) is 6.23. The standard InChI is InChI=1S/C26H30N8O6S2/c1-7-13-31-19(15(3)27-29-23(37)39-5)21(35)33(25(31)41)17-9-11-18(12-10-17)34-22(36)20(32(14-8-2)26(34)42)16(4)28-30-24(38)40-6/h7-12,19-20H,1-2,13-14H2,3-6H3,(H,29,37)(H,30,38)/b27-15+,28-16+. The molecular formula is C26H30N8O6S2. The molecule has 2 fully saturated rings. The molecule has 0 radical (unpaired) electrons.